The quantitative estimate of drug-likeness (QED) is 0.898. The first kappa shape index (κ1) is 12.2. The third-order valence-electron chi connectivity index (χ3n) is 2.12. The van der Waals surface area contributed by atoms with E-state index in [9.17, 15) is 4.79 Å². The van der Waals surface area contributed by atoms with Crippen molar-refractivity contribution in [3.05, 3.63) is 22.4 Å². The fourth-order valence-corrected chi connectivity index (χ4v) is 3.08. The van der Waals surface area contributed by atoms with E-state index in [4.69, 9.17) is 5.73 Å². The van der Waals surface area contributed by atoms with Crippen molar-refractivity contribution in [3.8, 4) is 10.6 Å². The topological polar surface area (TPSA) is 68.0 Å². The van der Waals surface area contributed by atoms with Gasteiger partial charge in [-0.05, 0) is 19.1 Å². The minimum Gasteiger partial charge on any atom is -0.324 e. The van der Waals surface area contributed by atoms with E-state index in [1.807, 2.05) is 24.4 Å². The first-order chi connectivity index (χ1) is 8.06. The van der Waals surface area contributed by atoms with Gasteiger partial charge < -0.3 is 11.1 Å². The number of nitrogens with two attached hydrogens (primary N) is 1. The van der Waals surface area contributed by atoms with E-state index < -0.39 is 0 Å². The summed E-state index contributed by atoms with van der Waals surface area (Å²) in [5.74, 6) is -0.103. The average molecular weight is 267 g/mol. The number of nitrogens with zero attached hydrogens (tertiary/aromatic N) is 1. The van der Waals surface area contributed by atoms with Crippen LogP contribution in [0, 0.1) is 0 Å². The molecule has 0 spiro atoms. The van der Waals surface area contributed by atoms with Crippen LogP contribution >= 0.6 is 22.7 Å². The molecule has 0 aliphatic heterocycles. The standard InChI is InChI=1S/C11H13N3OS2/c1-6(12)9-3-4-10(17-9)8-5-16-11(14-8)13-7(2)15/h3-6H,12H2,1-2H3,(H,13,14,15). The molecule has 0 bridgehead atoms. The minimum atomic E-state index is -0.103. The average Bonchev–Trinajstić information content (AvgIpc) is 2.83. The number of anilines is 1. The van der Waals surface area contributed by atoms with Gasteiger partial charge in [0.2, 0.25) is 5.91 Å². The predicted octanol–water partition coefficient (Wildman–Crippen LogP) is 2.85. The lowest BCUT2D eigenvalue weighted by Gasteiger charge is -1.97. The van der Waals surface area contributed by atoms with Crippen LogP contribution in [0.5, 0.6) is 0 Å². The maximum absolute atomic E-state index is 10.9. The lowest BCUT2D eigenvalue weighted by molar-refractivity contribution is -0.114. The van der Waals surface area contributed by atoms with E-state index in [0.717, 1.165) is 15.4 Å². The molecule has 0 aliphatic rings. The van der Waals surface area contributed by atoms with Crippen molar-refractivity contribution in [2.45, 2.75) is 19.9 Å². The Morgan fingerprint density at radius 3 is 2.88 bits per heavy atom. The Hall–Kier alpha value is -1.24. The van der Waals surface area contributed by atoms with Crippen LogP contribution < -0.4 is 11.1 Å². The molecule has 6 heteroatoms. The first-order valence-corrected chi connectivity index (χ1v) is 6.84. The van der Waals surface area contributed by atoms with E-state index in [2.05, 4.69) is 10.3 Å². The lowest BCUT2D eigenvalue weighted by atomic mass is 10.3. The third kappa shape index (κ3) is 2.91. The van der Waals surface area contributed by atoms with Gasteiger partial charge in [0.15, 0.2) is 5.13 Å². The smallest absolute Gasteiger partial charge is 0.223 e. The van der Waals surface area contributed by atoms with Crippen LogP contribution in [0.2, 0.25) is 0 Å². The van der Waals surface area contributed by atoms with E-state index >= 15 is 0 Å². The molecule has 0 radical (unpaired) electrons. The maximum Gasteiger partial charge on any atom is 0.223 e. The van der Waals surface area contributed by atoms with Crippen molar-refractivity contribution < 1.29 is 4.79 Å². The summed E-state index contributed by atoms with van der Waals surface area (Å²) in [4.78, 5) is 17.5. The van der Waals surface area contributed by atoms with Gasteiger partial charge in [-0.2, -0.15) is 0 Å². The minimum absolute atomic E-state index is 0.0437. The van der Waals surface area contributed by atoms with Gasteiger partial charge in [-0.3, -0.25) is 4.79 Å². The molecule has 1 amide bonds. The number of thiazole rings is 1. The highest BCUT2D eigenvalue weighted by molar-refractivity contribution is 7.17. The van der Waals surface area contributed by atoms with Gasteiger partial charge in [0.1, 0.15) is 0 Å². The molecule has 17 heavy (non-hydrogen) atoms. The molecule has 0 saturated carbocycles. The Morgan fingerprint density at radius 1 is 1.53 bits per heavy atom. The molecule has 4 nitrogen and oxygen atoms in total. The van der Waals surface area contributed by atoms with Crippen molar-refractivity contribution in [1.29, 1.82) is 0 Å². The Bertz CT molecular complexity index is 530. The Kier molecular flexibility index (Phi) is 3.56. The number of hydrogen-bond donors (Lipinski definition) is 2. The molecule has 2 aromatic heterocycles. The van der Waals surface area contributed by atoms with E-state index in [1.165, 1.54) is 18.3 Å². The summed E-state index contributed by atoms with van der Waals surface area (Å²) in [6, 6.07) is 4.07. The molecule has 1 atom stereocenters. The molecule has 0 saturated heterocycles. The van der Waals surface area contributed by atoms with Crippen LogP contribution in [0.3, 0.4) is 0 Å². The van der Waals surface area contributed by atoms with Gasteiger partial charge in [0.05, 0.1) is 10.6 Å². The second kappa shape index (κ2) is 4.95. The molecule has 90 valence electrons. The van der Waals surface area contributed by atoms with Crippen molar-refractivity contribution in [3.63, 3.8) is 0 Å². The first-order valence-electron chi connectivity index (χ1n) is 5.15. The summed E-state index contributed by atoms with van der Waals surface area (Å²) in [7, 11) is 0. The molecule has 2 aromatic rings. The SMILES string of the molecule is CC(=O)Nc1nc(-c2ccc(C(C)N)s2)cs1. The van der Waals surface area contributed by atoms with Crippen molar-refractivity contribution in [2.75, 3.05) is 5.32 Å². The second-order valence-corrected chi connectivity index (χ2v) is 5.68. The lowest BCUT2D eigenvalue weighted by Crippen LogP contribution is -2.04. The van der Waals surface area contributed by atoms with E-state index in [-0.39, 0.29) is 11.9 Å². The summed E-state index contributed by atoms with van der Waals surface area (Å²) in [5.41, 5.74) is 6.70. The number of carbonyl (C=O) groups excluding carboxylic acids is 1. The highest BCUT2D eigenvalue weighted by atomic mass is 32.1. The maximum atomic E-state index is 10.9. The number of amides is 1. The predicted molar refractivity (Wildman–Crippen MR) is 72.3 cm³/mol. The number of aromatic nitrogens is 1. The third-order valence-corrected chi connectivity index (χ3v) is 4.18. The van der Waals surface area contributed by atoms with Gasteiger partial charge >= 0.3 is 0 Å². The van der Waals surface area contributed by atoms with Gasteiger partial charge in [0, 0.05) is 23.2 Å². The van der Waals surface area contributed by atoms with Crippen LogP contribution in [0.15, 0.2) is 17.5 Å². The van der Waals surface area contributed by atoms with Crippen LogP contribution in [0.1, 0.15) is 24.8 Å². The van der Waals surface area contributed by atoms with Gasteiger partial charge in [-0.25, -0.2) is 4.98 Å². The second-order valence-electron chi connectivity index (χ2n) is 3.71. The summed E-state index contributed by atoms with van der Waals surface area (Å²) in [6.07, 6.45) is 0. The van der Waals surface area contributed by atoms with E-state index in [0.29, 0.717) is 5.13 Å². The molecule has 0 fully saturated rings. The zero-order chi connectivity index (χ0) is 12.4. The molecular weight excluding hydrogens is 254 g/mol. The van der Waals surface area contributed by atoms with Crippen molar-refractivity contribution in [1.82, 2.24) is 4.98 Å². The number of nitrogens with one attached hydrogen (secondary N) is 1. The fourth-order valence-electron chi connectivity index (χ4n) is 1.33. The van der Waals surface area contributed by atoms with Gasteiger partial charge in [-0.1, -0.05) is 0 Å². The normalized spacial score (nSPS) is 12.4. The Labute approximate surface area is 107 Å². The van der Waals surface area contributed by atoms with Crippen molar-refractivity contribution >= 4 is 33.7 Å². The summed E-state index contributed by atoms with van der Waals surface area (Å²) < 4.78 is 0. The highest BCUT2D eigenvalue weighted by Crippen LogP contribution is 2.32. The molecule has 3 N–H and O–H groups in total. The van der Waals surface area contributed by atoms with E-state index in [1.54, 1.807) is 11.3 Å². The summed E-state index contributed by atoms with van der Waals surface area (Å²) >= 11 is 3.06. The number of carbonyl (C=O) groups is 1. The van der Waals surface area contributed by atoms with Gasteiger partial charge in [0.25, 0.3) is 0 Å². The van der Waals surface area contributed by atoms with Crippen molar-refractivity contribution in [2.24, 2.45) is 5.73 Å². The molecular formula is C11H13N3OS2. The monoisotopic (exact) mass is 267 g/mol. The van der Waals surface area contributed by atoms with Crippen LogP contribution in [0.25, 0.3) is 10.6 Å². The summed E-state index contributed by atoms with van der Waals surface area (Å²) in [6.45, 7) is 3.43. The number of thiophene rings is 1. The van der Waals surface area contributed by atoms with Crippen LogP contribution in [-0.4, -0.2) is 10.9 Å². The molecule has 2 heterocycles. The molecule has 0 aliphatic carbocycles. The zero-order valence-electron chi connectivity index (χ0n) is 9.56. The highest BCUT2D eigenvalue weighted by Gasteiger charge is 2.09. The number of rotatable bonds is 3. The molecule has 2 rings (SSSR count). The number of hydrogen-bond acceptors (Lipinski definition) is 5. The molecule has 1 unspecified atom stereocenters. The Balaban J connectivity index is 2.21. The van der Waals surface area contributed by atoms with Crippen LogP contribution in [0.4, 0.5) is 5.13 Å². The van der Waals surface area contributed by atoms with Gasteiger partial charge in [-0.15, -0.1) is 22.7 Å². The summed E-state index contributed by atoms with van der Waals surface area (Å²) in [5, 5.41) is 5.23. The largest absolute Gasteiger partial charge is 0.324 e. The zero-order valence-corrected chi connectivity index (χ0v) is 11.2. The van der Waals surface area contributed by atoms with Crippen LogP contribution in [-0.2, 0) is 4.79 Å². The Morgan fingerprint density at radius 2 is 2.29 bits per heavy atom. The fraction of sp³-hybridized carbons (Fsp3) is 0.273. The molecule has 0 aromatic carbocycles.